The minimum Gasteiger partial charge on any atom is -0.409 e. The van der Waals surface area contributed by atoms with E-state index >= 15 is 0 Å². The van der Waals surface area contributed by atoms with Crippen LogP contribution >= 0.6 is 11.8 Å². The van der Waals surface area contributed by atoms with Crippen molar-refractivity contribution in [1.82, 2.24) is 0 Å². The molecule has 72 valence electrons. The van der Waals surface area contributed by atoms with Crippen LogP contribution in [0.15, 0.2) is 5.16 Å². The molecule has 0 rings (SSSR count). The lowest BCUT2D eigenvalue weighted by Gasteiger charge is -2.17. The van der Waals surface area contributed by atoms with Crippen molar-refractivity contribution in [3.8, 4) is 0 Å². The maximum Gasteiger partial charge on any atom is 0.152 e. The van der Waals surface area contributed by atoms with Gasteiger partial charge < -0.3 is 16.0 Å². The third kappa shape index (κ3) is 3.82. The maximum absolute atomic E-state index is 9.16. The molecule has 12 heavy (non-hydrogen) atoms. The fourth-order valence-corrected chi connectivity index (χ4v) is 1.64. The second kappa shape index (κ2) is 5.27. The van der Waals surface area contributed by atoms with Crippen molar-refractivity contribution in [2.75, 3.05) is 0 Å². The highest BCUT2D eigenvalue weighted by atomic mass is 32.2. The van der Waals surface area contributed by atoms with E-state index in [2.05, 4.69) is 5.16 Å². The molecule has 3 unspecified atom stereocenters. The molecule has 0 aliphatic heterocycles. The van der Waals surface area contributed by atoms with Gasteiger partial charge in [0.15, 0.2) is 5.84 Å². The van der Waals surface area contributed by atoms with E-state index in [1.165, 1.54) is 11.8 Å². The number of nitrogens with two attached hydrogens (primary N) is 1. The summed E-state index contributed by atoms with van der Waals surface area (Å²) in [5, 5.41) is 20.4. The Morgan fingerprint density at radius 1 is 1.42 bits per heavy atom. The first-order valence-electron chi connectivity index (χ1n) is 3.80. The number of aliphatic hydroxyl groups excluding tert-OH is 1. The monoisotopic (exact) mass is 192 g/mol. The molecule has 0 amide bonds. The smallest absolute Gasteiger partial charge is 0.152 e. The van der Waals surface area contributed by atoms with Crippen LogP contribution in [0.2, 0.25) is 0 Å². The van der Waals surface area contributed by atoms with E-state index in [-0.39, 0.29) is 22.4 Å². The Balaban J connectivity index is 3.92. The Labute approximate surface area is 76.8 Å². The van der Waals surface area contributed by atoms with Gasteiger partial charge in [-0.2, -0.15) is 0 Å². The van der Waals surface area contributed by atoms with Gasteiger partial charge in [-0.15, -0.1) is 11.8 Å². The second-order valence-electron chi connectivity index (χ2n) is 2.75. The van der Waals surface area contributed by atoms with Gasteiger partial charge in [0, 0.05) is 5.25 Å². The third-order valence-electron chi connectivity index (χ3n) is 1.63. The van der Waals surface area contributed by atoms with Crippen molar-refractivity contribution >= 4 is 17.6 Å². The van der Waals surface area contributed by atoms with Gasteiger partial charge in [-0.3, -0.25) is 0 Å². The molecule has 0 heterocycles. The standard InChI is InChI=1S/C7H16N2O2S/c1-4(10)5(2)12-6(3)7(8)9-11/h4-6,10-11H,1-3H3,(H2,8,9). The molecule has 0 fully saturated rings. The molecule has 0 aromatic rings. The van der Waals surface area contributed by atoms with Gasteiger partial charge in [0.25, 0.3) is 0 Å². The predicted molar refractivity (Wildman–Crippen MR) is 51.6 cm³/mol. The highest BCUT2D eigenvalue weighted by Crippen LogP contribution is 2.19. The van der Waals surface area contributed by atoms with Crippen molar-refractivity contribution in [2.24, 2.45) is 10.9 Å². The summed E-state index contributed by atoms with van der Waals surface area (Å²) in [5.74, 6) is 0.188. The van der Waals surface area contributed by atoms with Crippen LogP contribution in [-0.2, 0) is 0 Å². The Morgan fingerprint density at radius 3 is 2.25 bits per heavy atom. The summed E-state index contributed by atoms with van der Waals surface area (Å²) in [6, 6.07) is 0. The van der Waals surface area contributed by atoms with Crippen LogP contribution < -0.4 is 5.73 Å². The average Bonchev–Trinajstić information content (AvgIpc) is 2.02. The maximum atomic E-state index is 9.16. The molecule has 4 nitrogen and oxygen atoms in total. The topological polar surface area (TPSA) is 78.8 Å². The largest absolute Gasteiger partial charge is 0.409 e. The van der Waals surface area contributed by atoms with Crippen molar-refractivity contribution in [1.29, 1.82) is 0 Å². The first kappa shape index (κ1) is 11.6. The van der Waals surface area contributed by atoms with E-state index in [1.807, 2.05) is 13.8 Å². The third-order valence-corrected chi connectivity index (χ3v) is 3.10. The summed E-state index contributed by atoms with van der Waals surface area (Å²) in [5.41, 5.74) is 5.36. The molecule has 3 atom stereocenters. The van der Waals surface area contributed by atoms with Crippen molar-refractivity contribution in [3.63, 3.8) is 0 Å². The van der Waals surface area contributed by atoms with Gasteiger partial charge in [0.05, 0.1) is 11.4 Å². The lowest BCUT2D eigenvalue weighted by molar-refractivity contribution is 0.196. The zero-order valence-electron chi connectivity index (χ0n) is 7.56. The molecule has 0 aliphatic carbocycles. The van der Waals surface area contributed by atoms with Crippen LogP contribution in [0.5, 0.6) is 0 Å². The highest BCUT2D eigenvalue weighted by Gasteiger charge is 2.16. The zero-order valence-corrected chi connectivity index (χ0v) is 8.38. The van der Waals surface area contributed by atoms with E-state index in [4.69, 9.17) is 16.0 Å². The lowest BCUT2D eigenvalue weighted by Crippen LogP contribution is -2.28. The molecule has 0 aliphatic rings. The van der Waals surface area contributed by atoms with E-state index in [0.29, 0.717) is 0 Å². The fraction of sp³-hybridized carbons (Fsp3) is 0.857. The minimum absolute atomic E-state index is 0.0698. The molecule has 0 bridgehead atoms. The minimum atomic E-state index is -0.385. The number of aliphatic hydroxyl groups is 1. The van der Waals surface area contributed by atoms with Gasteiger partial charge in [-0.25, -0.2) is 0 Å². The normalized spacial score (nSPS) is 20.2. The van der Waals surface area contributed by atoms with Crippen LogP contribution in [-0.4, -0.2) is 32.8 Å². The number of thioether (sulfide) groups is 1. The highest BCUT2D eigenvalue weighted by molar-refractivity contribution is 8.01. The molecule has 0 saturated heterocycles. The van der Waals surface area contributed by atoms with Crippen molar-refractivity contribution in [3.05, 3.63) is 0 Å². The zero-order chi connectivity index (χ0) is 9.72. The molecule has 0 aromatic carbocycles. The number of oxime groups is 1. The summed E-state index contributed by atoms with van der Waals surface area (Å²) < 4.78 is 0. The lowest BCUT2D eigenvalue weighted by atomic mass is 10.3. The first-order valence-corrected chi connectivity index (χ1v) is 4.74. The van der Waals surface area contributed by atoms with E-state index in [1.54, 1.807) is 6.92 Å². The van der Waals surface area contributed by atoms with Crippen molar-refractivity contribution in [2.45, 2.75) is 37.4 Å². The number of rotatable bonds is 4. The number of hydrogen-bond donors (Lipinski definition) is 3. The Kier molecular flexibility index (Phi) is 5.08. The Hall–Kier alpha value is -0.420. The van der Waals surface area contributed by atoms with Crippen LogP contribution in [0.25, 0.3) is 0 Å². The van der Waals surface area contributed by atoms with Crippen LogP contribution in [0.3, 0.4) is 0 Å². The van der Waals surface area contributed by atoms with Crippen LogP contribution in [0, 0.1) is 0 Å². The fourth-order valence-electron chi connectivity index (χ4n) is 0.587. The molecule has 4 N–H and O–H groups in total. The molecule has 0 spiro atoms. The average molecular weight is 192 g/mol. The molecular formula is C7H16N2O2S. The van der Waals surface area contributed by atoms with Crippen molar-refractivity contribution < 1.29 is 10.3 Å². The SMILES string of the molecule is CC(SC(C)C(C)O)C(N)=NO. The van der Waals surface area contributed by atoms with Gasteiger partial charge in [0.1, 0.15) is 0 Å². The number of amidine groups is 1. The number of hydrogen-bond acceptors (Lipinski definition) is 4. The number of nitrogens with zero attached hydrogens (tertiary/aromatic N) is 1. The predicted octanol–water partition coefficient (Wildman–Crippen LogP) is 0.624. The molecular weight excluding hydrogens is 176 g/mol. The summed E-state index contributed by atoms with van der Waals surface area (Å²) in [4.78, 5) is 0. The van der Waals surface area contributed by atoms with E-state index < -0.39 is 0 Å². The molecule has 5 heteroatoms. The summed E-state index contributed by atoms with van der Waals surface area (Å²) in [7, 11) is 0. The molecule has 0 radical (unpaired) electrons. The summed E-state index contributed by atoms with van der Waals surface area (Å²) in [6.45, 7) is 5.45. The van der Waals surface area contributed by atoms with Crippen LogP contribution in [0.4, 0.5) is 0 Å². The molecule has 0 saturated carbocycles. The molecule has 0 aromatic heterocycles. The summed E-state index contributed by atoms with van der Waals surface area (Å²) in [6.07, 6.45) is -0.385. The van der Waals surface area contributed by atoms with Gasteiger partial charge in [-0.05, 0) is 13.8 Å². The quantitative estimate of drug-likeness (QED) is 0.264. The Bertz CT molecular complexity index is 161. The second-order valence-corrected chi connectivity index (χ2v) is 4.47. The first-order chi connectivity index (χ1) is 5.49. The van der Waals surface area contributed by atoms with E-state index in [9.17, 15) is 0 Å². The van der Waals surface area contributed by atoms with Gasteiger partial charge in [0.2, 0.25) is 0 Å². The Morgan fingerprint density at radius 2 is 1.92 bits per heavy atom. The van der Waals surface area contributed by atoms with Gasteiger partial charge in [-0.1, -0.05) is 12.1 Å². The van der Waals surface area contributed by atoms with Gasteiger partial charge >= 0.3 is 0 Å². The van der Waals surface area contributed by atoms with E-state index in [0.717, 1.165) is 0 Å². The van der Waals surface area contributed by atoms with Crippen LogP contribution in [0.1, 0.15) is 20.8 Å². The summed E-state index contributed by atoms with van der Waals surface area (Å²) >= 11 is 1.47.